The number of hydrogen-bond acceptors (Lipinski definition) is 5. The molecule has 7 nitrogen and oxygen atoms in total. The number of hydrogen-bond donors (Lipinski definition) is 2. The highest BCUT2D eigenvalue weighted by Crippen LogP contribution is 2.20. The predicted molar refractivity (Wildman–Crippen MR) is 145 cm³/mol. The van der Waals surface area contributed by atoms with E-state index in [1.165, 1.54) is 37.9 Å². The molecule has 0 radical (unpaired) electrons. The number of nitrogens with zero attached hydrogens (tertiary/aromatic N) is 2. The Bertz CT molecular complexity index is 957. The highest BCUT2D eigenvalue weighted by Gasteiger charge is 2.12. The van der Waals surface area contributed by atoms with E-state index in [-0.39, 0.29) is 12.0 Å². The number of rotatable bonds is 17. The largest absolute Gasteiger partial charge is 0.493 e. The Labute approximate surface area is 221 Å². The fourth-order valence-corrected chi connectivity index (χ4v) is 4.82. The van der Waals surface area contributed by atoms with Crippen molar-refractivity contribution in [2.75, 3.05) is 39.3 Å². The maximum absolute atomic E-state index is 11.2. The third-order valence-corrected chi connectivity index (χ3v) is 6.97. The molecule has 37 heavy (non-hydrogen) atoms. The summed E-state index contributed by atoms with van der Waals surface area (Å²) < 4.78 is 6.18. The zero-order valence-corrected chi connectivity index (χ0v) is 21.9. The van der Waals surface area contributed by atoms with Gasteiger partial charge in [-0.15, -0.1) is 0 Å². The van der Waals surface area contributed by atoms with Gasteiger partial charge < -0.3 is 19.8 Å². The molecule has 0 saturated carbocycles. The minimum Gasteiger partial charge on any atom is -0.493 e. The number of ether oxygens (including phenoxy) is 1. The normalized spacial score (nSPS) is 14.1. The Morgan fingerprint density at radius 3 is 2.35 bits per heavy atom. The maximum atomic E-state index is 11.2. The van der Waals surface area contributed by atoms with Crippen LogP contribution in [0.2, 0.25) is 0 Å². The lowest BCUT2D eigenvalue weighted by molar-refractivity contribution is -0.137. The van der Waals surface area contributed by atoms with Gasteiger partial charge in [-0.05, 0) is 100 Å². The van der Waals surface area contributed by atoms with Crippen molar-refractivity contribution in [1.82, 2.24) is 9.80 Å². The molecule has 3 rings (SSSR count). The van der Waals surface area contributed by atoms with Crippen molar-refractivity contribution in [3.05, 3.63) is 65.2 Å². The van der Waals surface area contributed by atoms with Gasteiger partial charge in [-0.25, -0.2) is 4.79 Å². The molecule has 0 aromatic heterocycles. The fraction of sp³-hybridized carbons (Fsp3) is 0.533. The van der Waals surface area contributed by atoms with E-state index in [4.69, 9.17) is 14.9 Å². The second kappa shape index (κ2) is 16.0. The highest BCUT2D eigenvalue weighted by molar-refractivity contribution is 5.87. The van der Waals surface area contributed by atoms with Crippen molar-refractivity contribution in [2.45, 2.75) is 64.3 Å². The van der Waals surface area contributed by atoms with Gasteiger partial charge >= 0.3 is 11.9 Å². The molecule has 1 aliphatic heterocycles. The number of unbranched alkanes of at least 4 members (excludes halogenated alkanes) is 2. The first-order chi connectivity index (χ1) is 18.0. The Balaban J connectivity index is 1.50. The molecule has 0 atom stereocenters. The number of para-hydroxylation sites is 1. The van der Waals surface area contributed by atoms with Crippen LogP contribution in [0.3, 0.4) is 0 Å². The summed E-state index contributed by atoms with van der Waals surface area (Å²) in [5.74, 6) is -0.755. The Morgan fingerprint density at radius 2 is 1.62 bits per heavy atom. The lowest BCUT2D eigenvalue weighted by Crippen LogP contribution is -2.30. The van der Waals surface area contributed by atoms with E-state index in [2.05, 4.69) is 15.9 Å². The first-order valence-electron chi connectivity index (χ1n) is 13.7. The molecule has 202 valence electrons. The van der Waals surface area contributed by atoms with Crippen molar-refractivity contribution < 1.29 is 24.5 Å². The third kappa shape index (κ3) is 10.9. The van der Waals surface area contributed by atoms with Gasteiger partial charge in [0.2, 0.25) is 0 Å². The van der Waals surface area contributed by atoms with Gasteiger partial charge in [-0.1, -0.05) is 36.8 Å². The van der Waals surface area contributed by atoms with Crippen LogP contribution in [0.15, 0.2) is 48.5 Å². The van der Waals surface area contributed by atoms with Crippen LogP contribution in [0.25, 0.3) is 0 Å². The van der Waals surface area contributed by atoms with E-state index in [9.17, 15) is 9.59 Å². The second-order valence-electron chi connectivity index (χ2n) is 9.94. The molecule has 0 amide bonds. The minimum absolute atomic E-state index is 0.176. The molecule has 1 fully saturated rings. The maximum Gasteiger partial charge on any atom is 0.335 e. The lowest BCUT2D eigenvalue weighted by atomic mass is 10.1. The average molecular weight is 511 g/mol. The molecule has 2 N–H and O–H groups in total. The summed E-state index contributed by atoms with van der Waals surface area (Å²) in [6.45, 7) is 6.64. The summed E-state index contributed by atoms with van der Waals surface area (Å²) in [5, 5.41) is 18.1. The van der Waals surface area contributed by atoms with E-state index < -0.39 is 11.9 Å². The summed E-state index contributed by atoms with van der Waals surface area (Å²) in [6.07, 6.45) is 8.68. The number of carbonyl (C=O) groups is 2. The molecule has 1 aliphatic rings. The Morgan fingerprint density at radius 1 is 0.865 bits per heavy atom. The van der Waals surface area contributed by atoms with Gasteiger partial charge in [0.05, 0.1) is 12.2 Å². The number of benzene rings is 2. The molecule has 2 aromatic carbocycles. The summed E-state index contributed by atoms with van der Waals surface area (Å²) in [4.78, 5) is 26.9. The zero-order valence-electron chi connectivity index (χ0n) is 21.9. The van der Waals surface area contributed by atoms with E-state index in [1.54, 1.807) is 12.1 Å². The predicted octanol–water partition coefficient (Wildman–Crippen LogP) is 5.33. The van der Waals surface area contributed by atoms with Gasteiger partial charge in [-0.3, -0.25) is 9.69 Å². The number of aromatic carboxylic acids is 1. The second-order valence-corrected chi connectivity index (χ2v) is 9.94. The molecule has 1 heterocycles. The van der Waals surface area contributed by atoms with Crippen LogP contribution < -0.4 is 4.74 Å². The van der Waals surface area contributed by atoms with Crippen molar-refractivity contribution in [3.8, 4) is 5.75 Å². The molecule has 7 heteroatoms. The summed E-state index contributed by atoms with van der Waals surface area (Å²) >= 11 is 0. The highest BCUT2D eigenvalue weighted by atomic mass is 16.5. The SMILES string of the molecule is O=C(O)CCCCN(CCc1ccccc1OCCCCN1CCCCC1)Cc1ccc(C(=O)O)cc1. The van der Waals surface area contributed by atoms with Crippen LogP contribution in [0, 0.1) is 0 Å². The van der Waals surface area contributed by atoms with Gasteiger partial charge in [0.25, 0.3) is 0 Å². The van der Waals surface area contributed by atoms with Crippen molar-refractivity contribution in [2.24, 2.45) is 0 Å². The monoisotopic (exact) mass is 510 g/mol. The fourth-order valence-electron chi connectivity index (χ4n) is 4.82. The number of carboxylic acid groups (broad SMARTS) is 2. The standard InChI is InChI=1S/C30H42N2O5/c33-29(34)12-4-7-21-32(24-25-13-15-27(16-14-25)30(35)36)22-17-26-10-2-3-11-28(26)37-23-9-8-20-31-18-5-1-6-19-31/h2-3,10-11,13-16H,1,4-9,12,17-24H2,(H,33,34)(H,35,36). The molecule has 2 aromatic rings. The molecular formula is C30H42N2O5. The van der Waals surface area contributed by atoms with Gasteiger partial charge in [0, 0.05) is 19.5 Å². The molecule has 0 bridgehead atoms. The summed E-state index contributed by atoms with van der Waals surface area (Å²) in [7, 11) is 0. The molecular weight excluding hydrogens is 468 g/mol. The number of aliphatic carboxylic acids is 1. The number of carboxylic acids is 2. The van der Waals surface area contributed by atoms with Crippen molar-refractivity contribution in [1.29, 1.82) is 0 Å². The number of piperidine rings is 1. The van der Waals surface area contributed by atoms with Gasteiger partial charge in [0.15, 0.2) is 0 Å². The van der Waals surface area contributed by atoms with Crippen LogP contribution in [0.4, 0.5) is 0 Å². The Hall–Kier alpha value is -2.90. The van der Waals surface area contributed by atoms with E-state index in [0.29, 0.717) is 13.0 Å². The smallest absolute Gasteiger partial charge is 0.335 e. The van der Waals surface area contributed by atoms with Crippen molar-refractivity contribution >= 4 is 11.9 Å². The quantitative estimate of drug-likeness (QED) is 0.278. The third-order valence-electron chi connectivity index (χ3n) is 6.97. The first kappa shape index (κ1) is 28.7. The van der Waals surface area contributed by atoms with Gasteiger partial charge in [0.1, 0.15) is 5.75 Å². The van der Waals surface area contributed by atoms with Crippen LogP contribution >= 0.6 is 0 Å². The first-order valence-corrected chi connectivity index (χ1v) is 13.7. The van der Waals surface area contributed by atoms with Crippen LogP contribution in [-0.2, 0) is 17.8 Å². The van der Waals surface area contributed by atoms with Crippen LogP contribution in [-0.4, -0.2) is 71.3 Å². The van der Waals surface area contributed by atoms with Gasteiger partial charge in [-0.2, -0.15) is 0 Å². The van der Waals surface area contributed by atoms with E-state index in [0.717, 1.165) is 63.2 Å². The zero-order chi connectivity index (χ0) is 26.3. The van der Waals surface area contributed by atoms with E-state index in [1.807, 2.05) is 30.3 Å². The molecule has 0 unspecified atom stereocenters. The summed E-state index contributed by atoms with van der Waals surface area (Å²) in [6, 6.07) is 15.2. The van der Waals surface area contributed by atoms with Crippen LogP contribution in [0.1, 0.15) is 72.9 Å². The molecule has 0 aliphatic carbocycles. The van der Waals surface area contributed by atoms with Crippen molar-refractivity contribution in [3.63, 3.8) is 0 Å². The van der Waals surface area contributed by atoms with Crippen LogP contribution in [0.5, 0.6) is 5.75 Å². The topological polar surface area (TPSA) is 90.3 Å². The average Bonchev–Trinajstić information content (AvgIpc) is 2.90. The lowest BCUT2D eigenvalue weighted by Gasteiger charge is -2.26. The molecule has 1 saturated heterocycles. The summed E-state index contributed by atoms with van der Waals surface area (Å²) in [5.41, 5.74) is 2.50. The number of likely N-dealkylation sites (tertiary alicyclic amines) is 1. The molecule has 0 spiro atoms. The minimum atomic E-state index is -0.930. The Kier molecular flexibility index (Phi) is 12.4. The van der Waals surface area contributed by atoms with E-state index >= 15 is 0 Å².